The van der Waals surface area contributed by atoms with Crippen molar-refractivity contribution >= 4 is 17.4 Å². The first-order chi connectivity index (χ1) is 9.45. The molecule has 0 aliphatic rings. The van der Waals surface area contributed by atoms with Crippen LogP contribution in [0.3, 0.4) is 0 Å². The van der Waals surface area contributed by atoms with Crippen molar-refractivity contribution < 1.29 is 13.6 Å². The van der Waals surface area contributed by atoms with Crippen LogP contribution in [0.15, 0.2) is 36.4 Å². The van der Waals surface area contributed by atoms with Gasteiger partial charge >= 0.3 is 6.03 Å². The first kappa shape index (κ1) is 14.0. The maximum absolute atomic E-state index is 13.4. The molecule has 2 amide bonds. The third kappa shape index (κ3) is 3.32. The van der Waals surface area contributed by atoms with E-state index in [1.54, 1.807) is 12.1 Å². The first-order valence-corrected chi connectivity index (χ1v) is 6.06. The predicted molar refractivity (Wildman–Crippen MR) is 74.9 cm³/mol. The average molecular weight is 276 g/mol. The van der Waals surface area contributed by atoms with E-state index in [1.165, 1.54) is 0 Å². The van der Waals surface area contributed by atoms with Crippen LogP contribution in [0.1, 0.15) is 11.1 Å². The summed E-state index contributed by atoms with van der Waals surface area (Å²) in [4.78, 5) is 11.7. The molecule has 5 heteroatoms. The summed E-state index contributed by atoms with van der Waals surface area (Å²) in [7, 11) is 0. The summed E-state index contributed by atoms with van der Waals surface area (Å²) in [5.41, 5.74) is 2.51. The highest BCUT2D eigenvalue weighted by atomic mass is 19.1. The summed E-state index contributed by atoms with van der Waals surface area (Å²) in [6.07, 6.45) is 0. The molecule has 0 bridgehead atoms. The third-order valence-corrected chi connectivity index (χ3v) is 2.94. The zero-order valence-corrected chi connectivity index (χ0v) is 11.1. The van der Waals surface area contributed by atoms with Gasteiger partial charge in [0.05, 0.1) is 5.69 Å². The van der Waals surface area contributed by atoms with Crippen LogP contribution in [-0.4, -0.2) is 6.03 Å². The second-order valence-electron chi connectivity index (χ2n) is 4.50. The molecule has 0 aromatic heterocycles. The molecule has 0 aliphatic heterocycles. The van der Waals surface area contributed by atoms with E-state index in [0.29, 0.717) is 5.69 Å². The molecule has 0 atom stereocenters. The number of benzene rings is 2. The van der Waals surface area contributed by atoms with Gasteiger partial charge in [-0.05, 0) is 49.2 Å². The van der Waals surface area contributed by atoms with Crippen molar-refractivity contribution in [1.29, 1.82) is 0 Å². The zero-order valence-electron chi connectivity index (χ0n) is 11.1. The van der Waals surface area contributed by atoms with Crippen LogP contribution in [0.2, 0.25) is 0 Å². The first-order valence-electron chi connectivity index (χ1n) is 6.06. The number of amides is 2. The summed E-state index contributed by atoms with van der Waals surface area (Å²) >= 11 is 0. The fraction of sp³-hybridized carbons (Fsp3) is 0.133. The summed E-state index contributed by atoms with van der Waals surface area (Å²) in [6, 6.07) is 7.66. The molecule has 0 fully saturated rings. The van der Waals surface area contributed by atoms with Gasteiger partial charge in [-0.25, -0.2) is 13.6 Å². The Bertz CT molecular complexity index is 656. The maximum Gasteiger partial charge on any atom is 0.323 e. The summed E-state index contributed by atoms with van der Waals surface area (Å²) in [5.74, 6) is -1.31. The van der Waals surface area contributed by atoms with Gasteiger partial charge in [-0.2, -0.15) is 0 Å². The quantitative estimate of drug-likeness (QED) is 0.847. The van der Waals surface area contributed by atoms with E-state index in [1.807, 2.05) is 19.9 Å². The Hall–Kier alpha value is -2.43. The Kier molecular flexibility index (Phi) is 3.98. The lowest BCUT2D eigenvalue weighted by atomic mass is 10.1. The van der Waals surface area contributed by atoms with Crippen LogP contribution in [0.4, 0.5) is 25.0 Å². The topological polar surface area (TPSA) is 41.1 Å². The van der Waals surface area contributed by atoms with Crippen molar-refractivity contribution in [1.82, 2.24) is 0 Å². The van der Waals surface area contributed by atoms with E-state index in [0.717, 1.165) is 29.3 Å². The number of carbonyl (C=O) groups excluding carboxylic acids is 1. The largest absolute Gasteiger partial charge is 0.323 e. The number of hydrogen-bond acceptors (Lipinski definition) is 1. The molecule has 0 heterocycles. The monoisotopic (exact) mass is 276 g/mol. The van der Waals surface area contributed by atoms with Crippen molar-refractivity contribution in [3.63, 3.8) is 0 Å². The Morgan fingerprint density at radius 3 is 2.40 bits per heavy atom. The fourth-order valence-corrected chi connectivity index (χ4v) is 1.70. The molecule has 0 unspecified atom stereocenters. The van der Waals surface area contributed by atoms with Gasteiger partial charge in [0.1, 0.15) is 11.6 Å². The van der Waals surface area contributed by atoms with Crippen molar-refractivity contribution in [3.05, 3.63) is 59.2 Å². The molecule has 2 rings (SSSR count). The molecule has 2 N–H and O–H groups in total. The number of anilines is 2. The summed E-state index contributed by atoms with van der Waals surface area (Å²) in [6.45, 7) is 3.88. The van der Waals surface area contributed by atoms with E-state index in [4.69, 9.17) is 0 Å². The van der Waals surface area contributed by atoms with E-state index in [9.17, 15) is 13.6 Å². The highest BCUT2D eigenvalue weighted by Gasteiger charge is 2.08. The standard InChI is InChI=1S/C15H14F2N2O/c1-9-3-5-12(7-10(9)2)18-15(20)19-14-8-11(16)4-6-13(14)17/h3-8H,1-2H3,(H2,18,19,20). The lowest BCUT2D eigenvalue weighted by Gasteiger charge is -2.10. The molecule has 2 aromatic carbocycles. The number of aryl methyl sites for hydroxylation is 2. The molecule has 0 spiro atoms. The van der Waals surface area contributed by atoms with Gasteiger partial charge < -0.3 is 10.6 Å². The van der Waals surface area contributed by atoms with E-state index in [-0.39, 0.29) is 5.69 Å². The lowest BCUT2D eigenvalue weighted by molar-refractivity contribution is 0.262. The van der Waals surface area contributed by atoms with Crippen LogP contribution in [0, 0.1) is 25.5 Å². The molecular weight excluding hydrogens is 262 g/mol. The van der Waals surface area contributed by atoms with Gasteiger partial charge in [-0.1, -0.05) is 6.07 Å². The van der Waals surface area contributed by atoms with Crippen molar-refractivity contribution in [2.75, 3.05) is 10.6 Å². The second-order valence-corrected chi connectivity index (χ2v) is 4.50. The van der Waals surface area contributed by atoms with E-state index in [2.05, 4.69) is 10.6 Å². The Morgan fingerprint density at radius 1 is 0.950 bits per heavy atom. The molecule has 3 nitrogen and oxygen atoms in total. The smallest absolute Gasteiger partial charge is 0.308 e. The van der Waals surface area contributed by atoms with Crippen molar-refractivity contribution in [2.45, 2.75) is 13.8 Å². The zero-order chi connectivity index (χ0) is 14.7. The van der Waals surface area contributed by atoms with Gasteiger partial charge in [0, 0.05) is 11.8 Å². The normalized spacial score (nSPS) is 10.2. The maximum atomic E-state index is 13.4. The third-order valence-electron chi connectivity index (χ3n) is 2.94. The minimum Gasteiger partial charge on any atom is -0.308 e. The molecule has 0 saturated heterocycles. The highest BCUT2D eigenvalue weighted by molar-refractivity contribution is 5.99. The lowest BCUT2D eigenvalue weighted by Crippen LogP contribution is -2.20. The average Bonchev–Trinajstić information content (AvgIpc) is 2.38. The molecular formula is C15H14F2N2O. The van der Waals surface area contributed by atoms with Gasteiger partial charge in [0.25, 0.3) is 0 Å². The second kappa shape index (κ2) is 5.69. The minimum atomic E-state index is -0.693. The number of halogens is 2. The highest BCUT2D eigenvalue weighted by Crippen LogP contribution is 2.17. The molecule has 0 aliphatic carbocycles. The Morgan fingerprint density at radius 2 is 1.70 bits per heavy atom. The van der Waals surface area contributed by atoms with Crippen molar-refractivity contribution in [3.8, 4) is 0 Å². The molecule has 0 radical (unpaired) electrons. The van der Waals surface area contributed by atoms with Gasteiger partial charge in [-0.15, -0.1) is 0 Å². The van der Waals surface area contributed by atoms with Gasteiger partial charge in [0.15, 0.2) is 0 Å². The van der Waals surface area contributed by atoms with Gasteiger partial charge in [0.2, 0.25) is 0 Å². The van der Waals surface area contributed by atoms with E-state index < -0.39 is 17.7 Å². The Balaban J connectivity index is 2.09. The number of rotatable bonds is 2. The van der Waals surface area contributed by atoms with Gasteiger partial charge in [-0.3, -0.25) is 0 Å². The predicted octanol–water partition coefficient (Wildman–Crippen LogP) is 4.23. The molecule has 2 aromatic rings. The van der Waals surface area contributed by atoms with E-state index >= 15 is 0 Å². The molecule has 104 valence electrons. The van der Waals surface area contributed by atoms with Crippen molar-refractivity contribution in [2.24, 2.45) is 0 Å². The summed E-state index contributed by atoms with van der Waals surface area (Å²) < 4.78 is 26.4. The van der Waals surface area contributed by atoms with Crippen LogP contribution in [0.25, 0.3) is 0 Å². The van der Waals surface area contributed by atoms with Crippen LogP contribution in [-0.2, 0) is 0 Å². The Labute approximate surface area is 115 Å². The van der Waals surface area contributed by atoms with Crippen LogP contribution in [0.5, 0.6) is 0 Å². The van der Waals surface area contributed by atoms with Crippen LogP contribution < -0.4 is 10.6 Å². The SMILES string of the molecule is Cc1ccc(NC(=O)Nc2cc(F)ccc2F)cc1C. The van der Waals surface area contributed by atoms with Crippen LogP contribution >= 0.6 is 0 Å². The minimum absolute atomic E-state index is 0.202. The fourth-order valence-electron chi connectivity index (χ4n) is 1.70. The number of carbonyl (C=O) groups is 1. The number of nitrogens with one attached hydrogen (secondary N) is 2. The summed E-state index contributed by atoms with van der Waals surface area (Å²) in [5, 5.41) is 4.83. The number of hydrogen-bond donors (Lipinski definition) is 2. The molecule has 20 heavy (non-hydrogen) atoms. The molecule has 0 saturated carbocycles. The number of urea groups is 1.